The largest absolute Gasteiger partial charge is 0.473 e. The minimum atomic E-state index is 0.347. The fourth-order valence-electron chi connectivity index (χ4n) is 1.72. The molecule has 0 amide bonds. The minimum Gasteiger partial charge on any atom is -0.473 e. The molecule has 0 aliphatic heterocycles. The molecule has 1 aromatic heterocycles. The van der Waals surface area contributed by atoms with Crippen molar-refractivity contribution in [3.63, 3.8) is 0 Å². The molecule has 0 radical (unpaired) electrons. The van der Waals surface area contributed by atoms with Gasteiger partial charge in [0, 0.05) is 6.07 Å². The normalized spacial score (nSPS) is 18.1. The number of hydrogen-bond acceptors (Lipinski definition) is 3. The molecular formula is C10H13BrN2O. The van der Waals surface area contributed by atoms with Gasteiger partial charge < -0.3 is 4.74 Å². The Morgan fingerprint density at radius 2 is 1.93 bits per heavy atom. The fraction of sp³-hybridized carbons (Fsp3) is 0.600. The van der Waals surface area contributed by atoms with Crippen molar-refractivity contribution in [3.8, 4) is 5.88 Å². The number of nitrogens with zero attached hydrogens (tertiary/aromatic N) is 2. The van der Waals surface area contributed by atoms with E-state index in [4.69, 9.17) is 4.74 Å². The van der Waals surface area contributed by atoms with E-state index in [0.717, 1.165) is 17.4 Å². The number of aromatic nitrogens is 2. The van der Waals surface area contributed by atoms with E-state index in [9.17, 15) is 0 Å². The Morgan fingerprint density at radius 3 is 2.57 bits per heavy atom. The van der Waals surface area contributed by atoms with E-state index in [1.807, 2.05) is 12.1 Å². The molecule has 0 spiro atoms. The highest BCUT2D eigenvalue weighted by Crippen LogP contribution is 2.22. The number of ether oxygens (including phenoxy) is 1. The van der Waals surface area contributed by atoms with Crippen LogP contribution in [0.1, 0.15) is 32.1 Å². The van der Waals surface area contributed by atoms with Crippen molar-refractivity contribution in [1.29, 1.82) is 0 Å². The molecule has 1 saturated carbocycles. The predicted octanol–water partition coefficient (Wildman–Crippen LogP) is 2.95. The first-order valence-corrected chi connectivity index (χ1v) is 5.80. The molecule has 0 atom stereocenters. The molecule has 0 bridgehead atoms. The molecule has 14 heavy (non-hydrogen) atoms. The van der Waals surface area contributed by atoms with E-state index in [1.165, 1.54) is 19.3 Å². The van der Waals surface area contributed by atoms with Crippen LogP contribution >= 0.6 is 15.9 Å². The van der Waals surface area contributed by atoms with Crippen molar-refractivity contribution < 1.29 is 4.74 Å². The van der Waals surface area contributed by atoms with Gasteiger partial charge in [0.25, 0.3) is 0 Å². The Morgan fingerprint density at radius 1 is 1.14 bits per heavy atom. The lowest BCUT2D eigenvalue weighted by molar-refractivity contribution is 0.147. The van der Waals surface area contributed by atoms with E-state index in [-0.39, 0.29) is 0 Å². The molecule has 0 unspecified atom stereocenters. The van der Waals surface area contributed by atoms with Gasteiger partial charge in [0.1, 0.15) is 10.7 Å². The van der Waals surface area contributed by atoms with Gasteiger partial charge in [-0.15, -0.1) is 10.2 Å². The monoisotopic (exact) mass is 256 g/mol. The summed E-state index contributed by atoms with van der Waals surface area (Å²) >= 11 is 3.24. The first-order chi connectivity index (χ1) is 6.84. The first kappa shape index (κ1) is 9.90. The molecule has 1 heterocycles. The van der Waals surface area contributed by atoms with Gasteiger partial charge >= 0.3 is 0 Å². The zero-order valence-corrected chi connectivity index (χ0v) is 9.53. The van der Waals surface area contributed by atoms with E-state index in [2.05, 4.69) is 26.1 Å². The Hall–Kier alpha value is -0.640. The Bertz CT molecular complexity index is 283. The topological polar surface area (TPSA) is 35.0 Å². The maximum atomic E-state index is 5.72. The average Bonchev–Trinajstić information content (AvgIpc) is 2.23. The molecule has 2 rings (SSSR count). The zero-order valence-electron chi connectivity index (χ0n) is 7.95. The number of halogens is 1. The third-order valence-corrected chi connectivity index (χ3v) is 2.87. The second-order valence-corrected chi connectivity index (χ2v) is 4.38. The van der Waals surface area contributed by atoms with Gasteiger partial charge in [-0.1, -0.05) is 6.42 Å². The molecule has 1 aromatic rings. The second-order valence-electron chi connectivity index (χ2n) is 3.57. The molecule has 4 heteroatoms. The van der Waals surface area contributed by atoms with Gasteiger partial charge in [-0.25, -0.2) is 0 Å². The van der Waals surface area contributed by atoms with Crippen LogP contribution in [0.4, 0.5) is 0 Å². The fourth-order valence-corrected chi connectivity index (χ4v) is 1.93. The summed E-state index contributed by atoms with van der Waals surface area (Å²) in [5.41, 5.74) is 0. The first-order valence-electron chi connectivity index (χ1n) is 5.00. The van der Waals surface area contributed by atoms with Crippen molar-refractivity contribution in [2.75, 3.05) is 0 Å². The highest BCUT2D eigenvalue weighted by molar-refractivity contribution is 9.10. The predicted molar refractivity (Wildman–Crippen MR) is 57.2 cm³/mol. The summed E-state index contributed by atoms with van der Waals surface area (Å²) in [6.45, 7) is 0. The third kappa shape index (κ3) is 2.67. The van der Waals surface area contributed by atoms with Crippen molar-refractivity contribution in [3.05, 3.63) is 16.7 Å². The van der Waals surface area contributed by atoms with Crippen LogP contribution in [-0.4, -0.2) is 16.3 Å². The highest BCUT2D eigenvalue weighted by atomic mass is 79.9. The van der Waals surface area contributed by atoms with Crippen LogP contribution in [0.5, 0.6) is 5.88 Å². The van der Waals surface area contributed by atoms with Crippen molar-refractivity contribution >= 4 is 15.9 Å². The average molecular weight is 257 g/mol. The summed E-state index contributed by atoms with van der Waals surface area (Å²) in [6, 6.07) is 3.71. The van der Waals surface area contributed by atoms with Crippen molar-refractivity contribution in [2.45, 2.75) is 38.2 Å². The van der Waals surface area contributed by atoms with Gasteiger partial charge in [0.05, 0.1) is 0 Å². The van der Waals surface area contributed by atoms with Gasteiger partial charge in [0.15, 0.2) is 0 Å². The zero-order chi connectivity index (χ0) is 9.80. The molecule has 0 N–H and O–H groups in total. The lowest BCUT2D eigenvalue weighted by Crippen LogP contribution is -2.20. The summed E-state index contributed by atoms with van der Waals surface area (Å²) in [5.74, 6) is 0.639. The molecule has 1 aliphatic rings. The van der Waals surface area contributed by atoms with Crippen LogP contribution in [0.2, 0.25) is 0 Å². The smallest absolute Gasteiger partial charge is 0.233 e. The molecule has 1 aliphatic carbocycles. The second kappa shape index (κ2) is 4.73. The van der Waals surface area contributed by atoms with Crippen LogP contribution in [0.25, 0.3) is 0 Å². The van der Waals surface area contributed by atoms with Gasteiger partial charge in [0.2, 0.25) is 5.88 Å². The SMILES string of the molecule is Brc1ccc(OC2CCCCC2)nn1. The Kier molecular flexibility index (Phi) is 3.35. The van der Waals surface area contributed by atoms with E-state index in [0.29, 0.717) is 12.0 Å². The van der Waals surface area contributed by atoms with Crippen molar-refractivity contribution in [1.82, 2.24) is 10.2 Å². The van der Waals surface area contributed by atoms with E-state index < -0.39 is 0 Å². The van der Waals surface area contributed by atoms with Crippen LogP contribution in [0.15, 0.2) is 16.7 Å². The maximum absolute atomic E-state index is 5.72. The van der Waals surface area contributed by atoms with Gasteiger partial charge in [-0.2, -0.15) is 0 Å². The maximum Gasteiger partial charge on any atom is 0.233 e. The minimum absolute atomic E-state index is 0.347. The third-order valence-electron chi connectivity index (χ3n) is 2.45. The molecular weight excluding hydrogens is 244 g/mol. The molecule has 3 nitrogen and oxygen atoms in total. The summed E-state index contributed by atoms with van der Waals surface area (Å²) in [4.78, 5) is 0. The quantitative estimate of drug-likeness (QED) is 0.817. The lowest BCUT2D eigenvalue weighted by atomic mass is 9.98. The van der Waals surface area contributed by atoms with Crippen molar-refractivity contribution in [2.24, 2.45) is 0 Å². The van der Waals surface area contributed by atoms with Crippen LogP contribution in [0, 0.1) is 0 Å². The van der Waals surface area contributed by atoms with E-state index >= 15 is 0 Å². The van der Waals surface area contributed by atoms with E-state index in [1.54, 1.807) is 0 Å². The van der Waals surface area contributed by atoms with Crippen LogP contribution in [-0.2, 0) is 0 Å². The molecule has 0 aromatic carbocycles. The number of hydrogen-bond donors (Lipinski definition) is 0. The van der Waals surface area contributed by atoms with Crippen LogP contribution in [0.3, 0.4) is 0 Å². The molecule has 76 valence electrons. The standard InChI is InChI=1S/C10H13BrN2O/c11-9-6-7-10(13-12-9)14-8-4-2-1-3-5-8/h6-8H,1-5H2. The molecule has 1 fully saturated rings. The Labute approximate surface area is 92.0 Å². The summed E-state index contributed by atoms with van der Waals surface area (Å²) in [5, 5.41) is 7.84. The molecule has 0 saturated heterocycles. The van der Waals surface area contributed by atoms with Crippen LogP contribution < -0.4 is 4.74 Å². The number of rotatable bonds is 2. The Balaban J connectivity index is 1.92. The summed E-state index contributed by atoms with van der Waals surface area (Å²) in [7, 11) is 0. The van der Waals surface area contributed by atoms with Gasteiger partial charge in [-0.05, 0) is 47.7 Å². The summed E-state index contributed by atoms with van der Waals surface area (Å²) in [6.07, 6.45) is 6.53. The highest BCUT2D eigenvalue weighted by Gasteiger charge is 2.15. The summed E-state index contributed by atoms with van der Waals surface area (Å²) < 4.78 is 6.46. The lowest BCUT2D eigenvalue weighted by Gasteiger charge is -2.21. The van der Waals surface area contributed by atoms with Gasteiger partial charge in [-0.3, -0.25) is 0 Å².